The van der Waals surface area contributed by atoms with Gasteiger partial charge in [0, 0.05) is 23.5 Å². The summed E-state index contributed by atoms with van der Waals surface area (Å²) < 4.78 is 5.90. The molecule has 0 aliphatic rings. The highest BCUT2D eigenvalue weighted by Gasteiger charge is 2.06. The first-order valence-corrected chi connectivity index (χ1v) is 9.64. The van der Waals surface area contributed by atoms with E-state index in [0.29, 0.717) is 17.9 Å². The number of ether oxygens (including phenoxy) is 1. The minimum atomic E-state index is -0.264. The van der Waals surface area contributed by atoms with Crippen LogP contribution >= 0.6 is 0 Å². The number of rotatable bonds is 6. The standard InChI is InChI=1S/C25H21N3O2/c1-18(23-7-4-14-26-16-23)27-28-25(29)21-10-8-19(9-11-21)17-30-24-13-12-20-5-2-3-6-22(20)15-24/h2-16H,17H2,1H3,(H,28,29)/b27-18-. The van der Waals surface area contributed by atoms with Gasteiger partial charge in [-0.05, 0) is 53.6 Å². The van der Waals surface area contributed by atoms with Crippen molar-refractivity contribution in [2.75, 3.05) is 0 Å². The fourth-order valence-corrected chi connectivity index (χ4v) is 3.02. The SMILES string of the molecule is C/C(=N/NC(=O)c1ccc(COc2ccc3ccccc3c2)cc1)c1cccnc1. The highest BCUT2D eigenvalue weighted by molar-refractivity contribution is 6.00. The zero-order valence-electron chi connectivity index (χ0n) is 16.6. The first kappa shape index (κ1) is 19.3. The highest BCUT2D eigenvalue weighted by Crippen LogP contribution is 2.21. The molecule has 5 heteroatoms. The van der Waals surface area contributed by atoms with Gasteiger partial charge in [0.2, 0.25) is 0 Å². The van der Waals surface area contributed by atoms with Crippen LogP contribution in [-0.4, -0.2) is 16.6 Å². The molecule has 4 rings (SSSR count). The number of benzene rings is 3. The number of hydrazone groups is 1. The molecule has 30 heavy (non-hydrogen) atoms. The largest absolute Gasteiger partial charge is 0.489 e. The number of hydrogen-bond acceptors (Lipinski definition) is 4. The summed E-state index contributed by atoms with van der Waals surface area (Å²) >= 11 is 0. The van der Waals surface area contributed by atoms with Crippen molar-refractivity contribution in [3.8, 4) is 5.75 Å². The molecule has 1 N–H and O–H groups in total. The van der Waals surface area contributed by atoms with Gasteiger partial charge in [0.15, 0.2) is 0 Å². The van der Waals surface area contributed by atoms with E-state index in [1.54, 1.807) is 24.5 Å². The average molecular weight is 395 g/mol. The molecule has 0 saturated carbocycles. The van der Waals surface area contributed by atoms with Crippen molar-refractivity contribution in [2.24, 2.45) is 5.10 Å². The zero-order chi connectivity index (χ0) is 20.8. The molecule has 3 aromatic carbocycles. The minimum Gasteiger partial charge on any atom is -0.489 e. The second kappa shape index (κ2) is 9.01. The normalized spacial score (nSPS) is 11.3. The lowest BCUT2D eigenvalue weighted by atomic mass is 10.1. The first-order chi connectivity index (χ1) is 14.7. The molecule has 1 aromatic heterocycles. The van der Waals surface area contributed by atoms with Crippen LogP contribution in [0.25, 0.3) is 10.8 Å². The van der Waals surface area contributed by atoms with Gasteiger partial charge in [-0.15, -0.1) is 0 Å². The average Bonchev–Trinajstić information content (AvgIpc) is 2.81. The number of pyridine rings is 1. The molecule has 148 valence electrons. The molecule has 0 spiro atoms. The van der Waals surface area contributed by atoms with E-state index < -0.39 is 0 Å². The summed E-state index contributed by atoms with van der Waals surface area (Å²) in [6.07, 6.45) is 3.40. The molecule has 0 radical (unpaired) electrons. The lowest BCUT2D eigenvalue weighted by Crippen LogP contribution is -2.19. The lowest BCUT2D eigenvalue weighted by molar-refractivity contribution is 0.0955. The van der Waals surface area contributed by atoms with Gasteiger partial charge >= 0.3 is 0 Å². The Morgan fingerprint density at radius 3 is 2.50 bits per heavy atom. The van der Waals surface area contributed by atoms with E-state index in [1.165, 1.54) is 5.39 Å². The number of amides is 1. The number of aromatic nitrogens is 1. The number of fused-ring (bicyclic) bond motifs is 1. The van der Waals surface area contributed by atoms with Gasteiger partial charge in [0.1, 0.15) is 12.4 Å². The Morgan fingerprint density at radius 1 is 0.933 bits per heavy atom. The fraction of sp³-hybridized carbons (Fsp3) is 0.0800. The Hall–Kier alpha value is -3.99. The fourth-order valence-electron chi connectivity index (χ4n) is 3.02. The van der Waals surface area contributed by atoms with Crippen molar-refractivity contribution in [1.29, 1.82) is 0 Å². The molecule has 0 aliphatic carbocycles. The van der Waals surface area contributed by atoms with Gasteiger partial charge in [-0.1, -0.05) is 48.5 Å². The maximum atomic E-state index is 12.3. The van der Waals surface area contributed by atoms with Crippen molar-refractivity contribution in [2.45, 2.75) is 13.5 Å². The van der Waals surface area contributed by atoms with Gasteiger partial charge in [-0.2, -0.15) is 5.10 Å². The monoisotopic (exact) mass is 395 g/mol. The van der Waals surface area contributed by atoms with Crippen molar-refractivity contribution in [3.05, 3.63) is 108 Å². The third kappa shape index (κ3) is 4.70. The van der Waals surface area contributed by atoms with E-state index in [2.05, 4.69) is 27.6 Å². The minimum absolute atomic E-state index is 0.264. The van der Waals surface area contributed by atoms with Crippen LogP contribution < -0.4 is 10.2 Å². The van der Waals surface area contributed by atoms with Gasteiger partial charge in [-0.3, -0.25) is 9.78 Å². The summed E-state index contributed by atoms with van der Waals surface area (Å²) in [5.74, 6) is 0.552. The van der Waals surface area contributed by atoms with Gasteiger partial charge in [0.05, 0.1) is 5.71 Å². The number of carbonyl (C=O) groups excluding carboxylic acids is 1. The van der Waals surface area contributed by atoms with E-state index in [1.807, 2.05) is 61.5 Å². The van der Waals surface area contributed by atoms with Crippen molar-refractivity contribution in [3.63, 3.8) is 0 Å². The maximum absolute atomic E-state index is 12.3. The third-order valence-corrected chi connectivity index (χ3v) is 4.75. The van der Waals surface area contributed by atoms with Gasteiger partial charge in [-0.25, -0.2) is 5.43 Å². The molecule has 5 nitrogen and oxygen atoms in total. The van der Waals surface area contributed by atoms with Crippen molar-refractivity contribution < 1.29 is 9.53 Å². The zero-order valence-corrected chi connectivity index (χ0v) is 16.6. The summed E-state index contributed by atoms with van der Waals surface area (Å²) in [6, 6.07) is 25.2. The predicted octanol–water partition coefficient (Wildman–Crippen LogP) is 4.97. The Balaban J connectivity index is 1.35. The molecule has 0 aliphatic heterocycles. The van der Waals surface area contributed by atoms with Crippen LogP contribution in [0.1, 0.15) is 28.4 Å². The molecule has 1 heterocycles. The summed E-state index contributed by atoms with van der Waals surface area (Å²) in [6.45, 7) is 2.25. The van der Waals surface area contributed by atoms with E-state index in [-0.39, 0.29) is 5.91 Å². The van der Waals surface area contributed by atoms with E-state index in [9.17, 15) is 4.79 Å². The van der Waals surface area contributed by atoms with E-state index >= 15 is 0 Å². The van der Waals surface area contributed by atoms with Crippen LogP contribution in [0.15, 0.2) is 96.4 Å². The van der Waals surface area contributed by atoms with E-state index in [4.69, 9.17) is 4.74 Å². The molecule has 4 aromatic rings. The summed E-state index contributed by atoms with van der Waals surface area (Å²) in [5.41, 5.74) is 5.65. The summed E-state index contributed by atoms with van der Waals surface area (Å²) in [7, 11) is 0. The smallest absolute Gasteiger partial charge is 0.271 e. The van der Waals surface area contributed by atoms with Crippen molar-refractivity contribution in [1.82, 2.24) is 10.4 Å². The molecular formula is C25H21N3O2. The Bertz CT molecular complexity index is 1190. The number of nitrogens with zero attached hydrogens (tertiary/aromatic N) is 2. The van der Waals surface area contributed by atoms with E-state index in [0.717, 1.165) is 22.3 Å². The lowest BCUT2D eigenvalue weighted by Gasteiger charge is -2.08. The number of hydrogen-bond donors (Lipinski definition) is 1. The van der Waals surface area contributed by atoms with Crippen LogP contribution in [0.4, 0.5) is 0 Å². The van der Waals surface area contributed by atoms with Crippen LogP contribution in [0.2, 0.25) is 0 Å². The molecule has 1 amide bonds. The highest BCUT2D eigenvalue weighted by atomic mass is 16.5. The van der Waals surface area contributed by atoms with Crippen LogP contribution in [0, 0.1) is 0 Å². The molecule has 0 bridgehead atoms. The van der Waals surface area contributed by atoms with Crippen LogP contribution in [0.3, 0.4) is 0 Å². The topological polar surface area (TPSA) is 63.6 Å². The molecule has 0 atom stereocenters. The Kier molecular flexibility index (Phi) is 5.80. The quantitative estimate of drug-likeness (QED) is 0.370. The van der Waals surface area contributed by atoms with Gasteiger partial charge < -0.3 is 4.74 Å². The second-order valence-electron chi connectivity index (χ2n) is 6.87. The summed E-state index contributed by atoms with van der Waals surface area (Å²) in [4.78, 5) is 16.4. The summed E-state index contributed by atoms with van der Waals surface area (Å²) in [5, 5.41) is 6.47. The molecular weight excluding hydrogens is 374 g/mol. The van der Waals surface area contributed by atoms with Crippen molar-refractivity contribution >= 4 is 22.4 Å². The van der Waals surface area contributed by atoms with Crippen LogP contribution in [0.5, 0.6) is 5.75 Å². The number of nitrogens with one attached hydrogen (secondary N) is 1. The molecule has 0 fully saturated rings. The number of carbonyl (C=O) groups is 1. The Labute approximate surface area is 175 Å². The second-order valence-corrected chi connectivity index (χ2v) is 6.87. The molecule has 0 saturated heterocycles. The maximum Gasteiger partial charge on any atom is 0.271 e. The third-order valence-electron chi connectivity index (χ3n) is 4.75. The van der Waals surface area contributed by atoms with Crippen LogP contribution in [-0.2, 0) is 6.61 Å². The Morgan fingerprint density at radius 2 is 1.73 bits per heavy atom. The molecule has 0 unspecified atom stereocenters. The first-order valence-electron chi connectivity index (χ1n) is 9.64. The van der Waals surface area contributed by atoms with Gasteiger partial charge in [0.25, 0.3) is 5.91 Å². The predicted molar refractivity (Wildman–Crippen MR) is 119 cm³/mol.